The van der Waals surface area contributed by atoms with E-state index in [-0.39, 0.29) is 30.8 Å². The summed E-state index contributed by atoms with van der Waals surface area (Å²) in [5.41, 5.74) is 2.42. The SMILES string of the molecule is CC[C@H](C)NC(=O)[C@H](Cc1ccccc1)N(Cc1ccc(Cl)c(Cl)c1)C(=O)Cc1ccc(Cl)c(Cl)c1. The summed E-state index contributed by atoms with van der Waals surface area (Å²) in [5, 5.41) is 4.64. The molecule has 0 aromatic heterocycles. The summed E-state index contributed by atoms with van der Waals surface area (Å²) in [7, 11) is 0. The summed E-state index contributed by atoms with van der Waals surface area (Å²) in [5.74, 6) is -0.435. The van der Waals surface area contributed by atoms with E-state index in [1.54, 1.807) is 41.3 Å². The second-order valence-electron chi connectivity index (χ2n) is 8.72. The van der Waals surface area contributed by atoms with E-state index in [2.05, 4.69) is 5.32 Å². The molecule has 2 amide bonds. The van der Waals surface area contributed by atoms with Crippen LogP contribution in [0.15, 0.2) is 66.7 Å². The highest BCUT2D eigenvalue weighted by Gasteiger charge is 2.31. The first-order valence-electron chi connectivity index (χ1n) is 11.7. The molecule has 3 aromatic rings. The van der Waals surface area contributed by atoms with Crippen LogP contribution < -0.4 is 5.32 Å². The molecule has 0 radical (unpaired) electrons. The Bertz CT molecular complexity index is 1200. The molecule has 36 heavy (non-hydrogen) atoms. The molecule has 2 atom stereocenters. The van der Waals surface area contributed by atoms with Gasteiger partial charge in [-0.1, -0.05) is 95.8 Å². The fourth-order valence-electron chi connectivity index (χ4n) is 3.76. The summed E-state index contributed by atoms with van der Waals surface area (Å²) in [6.45, 7) is 4.13. The van der Waals surface area contributed by atoms with E-state index in [0.717, 1.165) is 17.5 Å². The Morgan fingerprint density at radius 3 is 1.97 bits per heavy atom. The van der Waals surface area contributed by atoms with Crippen molar-refractivity contribution in [3.8, 4) is 0 Å². The molecule has 4 nitrogen and oxygen atoms in total. The van der Waals surface area contributed by atoms with Crippen LogP contribution in [-0.2, 0) is 29.0 Å². The van der Waals surface area contributed by atoms with E-state index in [1.165, 1.54) is 0 Å². The van der Waals surface area contributed by atoms with Gasteiger partial charge >= 0.3 is 0 Å². The van der Waals surface area contributed by atoms with Crippen LogP contribution in [0.1, 0.15) is 37.0 Å². The largest absolute Gasteiger partial charge is 0.352 e. The topological polar surface area (TPSA) is 49.4 Å². The fourth-order valence-corrected chi connectivity index (χ4v) is 4.40. The predicted molar refractivity (Wildman–Crippen MR) is 149 cm³/mol. The molecule has 8 heteroatoms. The molecule has 3 rings (SSSR count). The van der Waals surface area contributed by atoms with Gasteiger partial charge in [0.2, 0.25) is 11.8 Å². The lowest BCUT2D eigenvalue weighted by Crippen LogP contribution is -2.52. The van der Waals surface area contributed by atoms with E-state index in [9.17, 15) is 9.59 Å². The number of carbonyl (C=O) groups is 2. The molecule has 0 saturated carbocycles. The Morgan fingerprint density at radius 2 is 1.39 bits per heavy atom. The predicted octanol–water partition coefficient (Wildman–Crippen LogP) is 7.40. The number of benzene rings is 3. The zero-order chi connectivity index (χ0) is 26.2. The molecular formula is C28H28Cl4N2O2. The van der Waals surface area contributed by atoms with Crippen LogP contribution in [0, 0.1) is 0 Å². The molecule has 0 aliphatic rings. The highest BCUT2D eigenvalue weighted by molar-refractivity contribution is 6.42. The van der Waals surface area contributed by atoms with Gasteiger partial charge in [-0.15, -0.1) is 0 Å². The van der Waals surface area contributed by atoms with Crippen LogP contribution in [0.4, 0.5) is 0 Å². The summed E-state index contributed by atoms with van der Waals surface area (Å²) in [6, 6.07) is 19.2. The van der Waals surface area contributed by atoms with Crippen LogP contribution in [0.25, 0.3) is 0 Å². The summed E-state index contributed by atoms with van der Waals surface area (Å²) < 4.78 is 0. The van der Waals surface area contributed by atoms with Crippen LogP contribution in [-0.4, -0.2) is 28.8 Å². The van der Waals surface area contributed by atoms with Gasteiger partial charge < -0.3 is 10.2 Å². The number of hydrogen-bond acceptors (Lipinski definition) is 2. The van der Waals surface area contributed by atoms with Gasteiger partial charge in [-0.05, 0) is 54.3 Å². The second kappa shape index (κ2) is 13.3. The minimum atomic E-state index is -0.744. The lowest BCUT2D eigenvalue weighted by Gasteiger charge is -2.32. The average molecular weight is 566 g/mol. The van der Waals surface area contributed by atoms with Crippen molar-refractivity contribution in [3.63, 3.8) is 0 Å². The maximum atomic E-state index is 13.8. The molecule has 3 aromatic carbocycles. The highest BCUT2D eigenvalue weighted by Crippen LogP contribution is 2.26. The number of halogens is 4. The molecule has 0 saturated heterocycles. The first-order valence-corrected chi connectivity index (χ1v) is 13.2. The van der Waals surface area contributed by atoms with Gasteiger partial charge in [0.15, 0.2) is 0 Å². The standard InChI is InChI=1S/C28H28Cl4N2O2/c1-3-18(2)33-28(36)26(15-19-7-5-4-6-8-19)34(17-21-10-12-23(30)25(32)14-21)27(35)16-20-9-11-22(29)24(31)13-20/h4-14,18,26H,3,15-17H2,1-2H3,(H,33,36)/t18-,26-/m0/s1. The Balaban J connectivity index is 2.00. The van der Waals surface area contributed by atoms with Gasteiger partial charge in [0.05, 0.1) is 26.5 Å². The molecular weight excluding hydrogens is 538 g/mol. The van der Waals surface area contributed by atoms with Gasteiger partial charge in [0.1, 0.15) is 6.04 Å². The van der Waals surface area contributed by atoms with E-state index in [4.69, 9.17) is 46.4 Å². The van der Waals surface area contributed by atoms with Gasteiger partial charge in [0.25, 0.3) is 0 Å². The van der Waals surface area contributed by atoms with Gasteiger partial charge in [-0.3, -0.25) is 9.59 Å². The minimum Gasteiger partial charge on any atom is -0.352 e. The van der Waals surface area contributed by atoms with Crippen molar-refractivity contribution < 1.29 is 9.59 Å². The number of nitrogens with one attached hydrogen (secondary N) is 1. The average Bonchev–Trinajstić information content (AvgIpc) is 2.86. The lowest BCUT2D eigenvalue weighted by atomic mass is 10.0. The summed E-state index contributed by atoms with van der Waals surface area (Å²) >= 11 is 24.6. The molecule has 0 fully saturated rings. The third kappa shape index (κ3) is 7.88. The Kier molecular flexibility index (Phi) is 10.5. The van der Waals surface area contributed by atoms with Crippen LogP contribution in [0.2, 0.25) is 20.1 Å². The Morgan fingerprint density at radius 1 is 0.806 bits per heavy atom. The quantitative estimate of drug-likeness (QED) is 0.278. The molecule has 0 spiro atoms. The molecule has 190 valence electrons. The van der Waals surface area contributed by atoms with E-state index >= 15 is 0 Å². The first kappa shape index (κ1) is 28.3. The third-order valence-electron chi connectivity index (χ3n) is 5.95. The normalized spacial score (nSPS) is 12.6. The summed E-state index contributed by atoms with van der Waals surface area (Å²) in [6.07, 6.45) is 1.19. The van der Waals surface area contributed by atoms with E-state index in [0.29, 0.717) is 32.1 Å². The van der Waals surface area contributed by atoms with Crippen molar-refractivity contribution in [2.45, 2.75) is 51.7 Å². The minimum absolute atomic E-state index is 0.0345. The monoisotopic (exact) mass is 564 g/mol. The van der Waals surface area contributed by atoms with Crippen molar-refractivity contribution in [1.29, 1.82) is 0 Å². The number of carbonyl (C=O) groups excluding carboxylic acids is 2. The van der Waals surface area contributed by atoms with Crippen molar-refractivity contribution in [3.05, 3.63) is 104 Å². The van der Waals surface area contributed by atoms with Gasteiger partial charge in [0, 0.05) is 19.0 Å². The van der Waals surface area contributed by atoms with Crippen molar-refractivity contribution in [2.24, 2.45) is 0 Å². The maximum Gasteiger partial charge on any atom is 0.243 e. The lowest BCUT2D eigenvalue weighted by molar-refractivity contribution is -0.141. The zero-order valence-electron chi connectivity index (χ0n) is 20.1. The Labute approximate surface area is 232 Å². The van der Waals surface area contributed by atoms with Crippen molar-refractivity contribution >= 4 is 58.2 Å². The first-order chi connectivity index (χ1) is 17.2. The number of amides is 2. The number of rotatable bonds is 10. The smallest absolute Gasteiger partial charge is 0.243 e. The van der Waals surface area contributed by atoms with Crippen LogP contribution >= 0.6 is 46.4 Å². The molecule has 0 bridgehead atoms. The van der Waals surface area contributed by atoms with Gasteiger partial charge in [-0.25, -0.2) is 0 Å². The molecule has 0 heterocycles. The Hall–Kier alpha value is -2.24. The van der Waals surface area contributed by atoms with Crippen molar-refractivity contribution in [1.82, 2.24) is 10.2 Å². The number of nitrogens with zero attached hydrogens (tertiary/aromatic N) is 1. The van der Waals surface area contributed by atoms with Crippen LogP contribution in [0.5, 0.6) is 0 Å². The van der Waals surface area contributed by atoms with E-state index in [1.807, 2.05) is 44.2 Å². The molecule has 1 N–H and O–H groups in total. The van der Waals surface area contributed by atoms with Crippen molar-refractivity contribution in [2.75, 3.05) is 0 Å². The number of hydrogen-bond donors (Lipinski definition) is 1. The summed E-state index contributed by atoms with van der Waals surface area (Å²) in [4.78, 5) is 28.9. The molecule has 0 aliphatic carbocycles. The second-order valence-corrected chi connectivity index (χ2v) is 10.3. The molecule has 0 aliphatic heterocycles. The van der Waals surface area contributed by atoms with Gasteiger partial charge in [-0.2, -0.15) is 0 Å². The van der Waals surface area contributed by atoms with E-state index < -0.39 is 6.04 Å². The maximum absolute atomic E-state index is 13.8. The highest BCUT2D eigenvalue weighted by atomic mass is 35.5. The zero-order valence-corrected chi connectivity index (χ0v) is 23.1. The van der Waals surface area contributed by atoms with Crippen LogP contribution in [0.3, 0.4) is 0 Å². The fraction of sp³-hybridized carbons (Fsp3) is 0.286. The third-order valence-corrected chi connectivity index (χ3v) is 7.43. The molecule has 0 unspecified atom stereocenters.